The lowest BCUT2D eigenvalue weighted by atomic mass is 10.1. The molecule has 0 aliphatic rings. The van der Waals surface area contributed by atoms with Gasteiger partial charge in [-0.05, 0) is 65.3 Å². The van der Waals surface area contributed by atoms with Gasteiger partial charge in [0.15, 0.2) is 5.78 Å². The summed E-state index contributed by atoms with van der Waals surface area (Å²) in [5.74, 6) is 0.275. The summed E-state index contributed by atoms with van der Waals surface area (Å²) in [6.07, 6.45) is 2.95. The van der Waals surface area contributed by atoms with E-state index in [9.17, 15) is 9.18 Å². The van der Waals surface area contributed by atoms with Gasteiger partial charge in [0.25, 0.3) is 0 Å². The molecule has 0 aromatic heterocycles. The molecule has 0 bridgehead atoms. The predicted octanol–water partition coefficient (Wildman–Crippen LogP) is 4.80. The summed E-state index contributed by atoms with van der Waals surface area (Å²) in [6, 6.07) is 11.2. The van der Waals surface area contributed by atoms with Crippen LogP contribution in [0.15, 0.2) is 59.2 Å². The Morgan fingerprint density at radius 1 is 1.27 bits per heavy atom. The van der Waals surface area contributed by atoms with Crippen LogP contribution in [-0.4, -0.2) is 12.4 Å². The minimum atomic E-state index is -0.327. The Morgan fingerprint density at radius 3 is 2.64 bits per heavy atom. The number of ketones is 1. The Morgan fingerprint density at radius 2 is 2.00 bits per heavy atom. The lowest BCUT2D eigenvalue weighted by Crippen LogP contribution is -1.97. The van der Waals surface area contributed by atoms with E-state index in [1.807, 2.05) is 6.92 Å². The molecule has 1 N–H and O–H groups in total. The first kappa shape index (κ1) is 16.2. The molecule has 0 saturated heterocycles. The zero-order valence-electron chi connectivity index (χ0n) is 12.0. The number of halogens is 2. The van der Waals surface area contributed by atoms with Gasteiger partial charge in [-0.3, -0.25) is 4.79 Å². The van der Waals surface area contributed by atoms with Crippen molar-refractivity contribution in [2.75, 3.05) is 11.9 Å². The zero-order valence-corrected chi connectivity index (χ0v) is 13.6. The van der Waals surface area contributed by atoms with Crippen LogP contribution in [0.5, 0.6) is 5.75 Å². The van der Waals surface area contributed by atoms with Crippen molar-refractivity contribution in [2.24, 2.45) is 0 Å². The Hall–Kier alpha value is -2.14. The quantitative estimate of drug-likeness (QED) is 0.591. The lowest BCUT2D eigenvalue weighted by Gasteiger charge is -2.04. The molecule has 0 heterocycles. The molecule has 2 aromatic carbocycles. The van der Waals surface area contributed by atoms with E-state index in [0.29, 0.717) is 22.3 Å². The minimum Gasteiger partial charge on any atom is -0.494 e. The first-order valence-electron chi connectivity index (χ1n) is 6.75. The van der Waals surface area contributed by atoms with Crippen molar-refractivity contribution in [2.45, 2.75) is 6.92 Å². The molecule has 0 saturated carbocycles. The van der Waals surface area contributed by atoms with Gasteiger partial charge in [-0.15, -0.1) is 0 Å². The van der Waals surface area contributed by atoms with Crippen LogP contribution in [-0.2, 0) is 0 Å². The smallest absolute Gasteiger partial charge is 0.187 e. The third-order valence-corrected chi connectivity index (χ3v) is 3.51. The molecule has 3 nitrogen and oxygen atoms in total. The molecule has 0 spiro atoms. The number of ether oxygens (including phenoxy) is 1. The fraction of sp³-hybridized carbons (Fsp3) is 0.118. The number of anilines is 1. The number of allylic oxidation sites excluding steroid dienone is 1. The number of carbonyl (C=O) groups excluding carboxylic acids is 1. The van der Waals surface area contributed by atoms with Gasteiger partial charge in [0, 0.05) is 22.3 Å². The van der Waals surface area contributed by atoms with Crippen LogP contribution in [0.2, 0.25) is 0 Å². The normalized spacial score (nSPS) is 10.7. The number of carbonyl (C=O) groups is 1. The van der Waals surface area contributed by atoms with Crippen LogP contribution < -0.4 is 10.1 Å². The van der Waals surface area contributed by atoms with Gasteiger partial charge < -0.3 is 10.1 Å². The highest BCUT2D eigenvalue weighted by Gasteiger charge is 2.03. The van der Waals surface area contributed by atoms with Gasteiger partial charge in [-0.2, -0.15) is 0 Å². The molecular formula is C17H15BrFNO2. The van der Waals surface area contributed by atoms with E-state index in [-0.39, 0.29) is 11.6 Å². The third kappa shape index (κ3) is 4.43. The SMILES string of the molecule is CCOc1ccc(C(=O)C=CNc2ccc(F)cc2Br)cc1. The molecular weight excluding hydrogens is 349 g/mol. The molecule has 0 unspecified atom stereocenters. The molecule has 0 radical (unpaired) electrons. The van der Waals surface area contributed by atoms with Crippen LogP contribution in [0.4, 0.5) is 10.1 Å². The maximum atomic E-state index is 13.0. The molecule has 114 valence electrons. The van der Waals surface area contributed by atoms with E-state index in [0.717, 1.165) is 5.75 Å². The van der Waals surface area contributed by atoms with Crippen molar-refractivity contribution in [1.82, 2.24) is 0 Å². The summed E-state index contributed by atoms with van der Waals surface area (Å²) < 4.78 is 18.9. The van der Waals surface area contributed by atoms with E-state index in [1.54, 1.807) is 30.3 Å². The van der Waals surface area contributed by atoms with Crippen LogP contribution in [0.3, 0.4) is 0 Å². The molecule has 0 aliphatic carbocycles. The molecule has 2 aromatic rings. The van der Waals surface area contributed by atoms with Gasteiger partial charge in [-0.1, -0.05) is 0 Å². The first-order chi connectivity index (χ1) is 10.6. The Labute approximate surface area is 136 Å². The summed E-state index contributed by atoms with van der Waals surface area (Å²) in [4.78, 5) is 12.0. The second kappa shape index (κ2) is 7.75. The molecule has 5 heteroatoms. The van der Waals surface area contributed by atoms with Gasteiger partial charge in [-0.25, -0.2) is 4.39 Å². The highest BCUT2D eigenvalue weighted by Crippen LogP contribution is 2.23. The van der Waals surface area contributed by atoms with Crippen LogP contribution in [0.25, 0.3) is 0 Å². The van der Waals surface area contributed by atoms with E-state index < -0.39 is 0 Å². The molecule has 2 rings (SSSR count). The van der Waals surface area contributed by atoms with Crippen LogP contribution >= 0.6 is 15.9 Å². The molecule has 0 fully saturated rings. The number of benzene rings is 2. The van der Waals surface area contributed by atoms with Gasteiger partial charge in [0.1, 0.15) is 11.6 Å². The van der Waals surface area contributed by atoms with Gasteiger partial charge >= 0.3 is 0 Å². The number of hydrogen-bond donors (Lipinski definition) is 1. The second-order valence-electron chi connectivity index (χ2n) is 4.42. The molecule has 22 heavy (non-hydrogen) atoms. The predicted molar refractivity (Wildman–Crippen MR) is 88.8 cm³/mol. The molecule has 0 aliphatic heterocycles. The maximum Gasteiger partial charge on any atom is 0.187 e. The second-order valence-corrected chi connectivity index (χ2v) is 5.28. The summed E-state index contributed by atoms with van der Waals surface area (Å²) >= 11 is 3.25. The number of nitrogens with one attached hydrogen (secondary N) is 1. The summed E-state index contributed by atoms with van der Waals surface area (Å²) in [6.45, 7) is 2.49. The highest BCUT2D eigenvalue weighted by molar-refractivity contribution is 9.10. The average molecular weight is 364 g/mol. The van der Waals surface area contributed by atoms with Crippen molar-refractivity contribution in [3.05, 3.63) is 70.6 Å². The van der Waals surface area contributed by atoms with Gasteiger partial charge in [0.2, 0.25) is 0 Å². The van der Waals surface area contributed by atoms with Crippen LogP contribution in [0, 0.1) is 5.82 Å². The summed E-state index contributed by atoms with van der Waals surface area (Å²) in [7, 11) is 0. The van der Waals surface area contributed by atoms with Crippen LogP contribution in [0.1, 0.15) is 17.3 Å². The van der Waals surface area contributed by atoms with E-state index in [2.05, 4.69) is 21.2 Å². The highest BCUT2D eigenvalue weighted by atomic mass is 79.9. The van der Waals surface area contributed by atoms with Gasteiger partial charge in [0.05, 0.1) is 12.3 Å². The third-order valence-electron chi connectivity index (χ3n) is 2.85. The Bertz CT molecular complexity index is 684. The summed E-state index contributed by atoms with van der Waals surface area (Å²) in [5.41, 5.74) is 1.25. The minimum absolute atomic E-state index is 0.131. The Balaban J connectivity index is 1.98. The van der Waals surface area contributed by atoms with Crippen molar-refractivity contribution in [1.29, 1.82) is 0 Å². The average Bonchev–Trinajstić information content (AvgIpc) is 2.50. The topological polar surface area (TPSA) is 38.3 Å². The monoisotopic (exact) mass is 363 g/mol. The van der Waals surface area contributed by atoms with E-state index in [1.165, 1.54) is 24.4 Å². The summed E-state index contributed by atoms with van der Waals surface area (Å²) in [5, 5.41) is 2.93. The fourth-order valence-corrected chi connectivity index (χ4v) is 2.26. The molecule has 0 amide bonds. The zero-order chi connectivity index (χ0) is 15.9. The largest absolute Gasteiger partial charge is 0.494 e. The Kier molecular flexibility index (Phi) is 5.72. The standard InChI is InChI=1S/C17H15BrFNO2/c1-2-22-14-6-3-12(4-7-14)17(21)9-10-20-16-8-5-13(19)11-15(16)18/h3-11,20H,2H2,1H3. The fourth-order valence-electron chi connectivity index (χ4n) is 1.79. The van der Waals surface area contributed by atoms with Crippen molar-refractivity contribution in [3.8, 4) is 5.75 Å². The van der Waals surface area contributed by atoms with Crippen molar-refractivity contribution < 1.29 is 13.9 Å². The van der Waals surface area contributed by atoms with E-state index in [4.69, 9.17) is 4.74 Å². The molecule has 0 atom stereocenters. The lowest BCUT2D eigenvalue weighted by molar-refractivity contribution is 0.104. The number of rotatable bonds is 6. The maximum absolute atomic E-state index is 13.0. The van der Waals surface area contributed by atoms with E-state index >= 15 is 0 Å². The van der Waals surface area contributed by atoms with Crippen molar-refractivity contribution >= 4 is 27.4 Å². The number of hydrogen-bond acceptors (Lipinski definition) is 3. The first-order valence-corrected chi connectivity index (χ1v) is 7.55. The van der Waals surface area contributed by atoms with Crippen molar-refractivity contribution in [3.63, 3.8) is 0 Å².